The summed E-state index contributed by atoms with van der Waals surface area (Å²) in [5, 5.41) is 32.2. The zero-order valence-electron chi connectivity index (χ0n) is 27.6. The van der Waals surface area contributed by atoms with Gasteiger partial charge in [0.15, 0.2) is 23.2 Å². The average Bonchev–Trinajstić information content (AvgIpc) is 3.62. The molecule has 2 aromatic rings. The second-order valence-electron chi connectivity index (χ2n) is 11.7. The Kier molecular flexibility index (Phi) is 11.8. The fourth-order valence-corrected chi connectivity index (χ4v) is 6.61. The van der Waals surface area contributed by atoms with Crippen molar-refractivity contribution in [1.29, 1.82) is 0 Å². The van der Waals surface area contributed by atoms with Crippen LogP contribution in [0.2, 0.25) is 0 Å². The number of carboxylic acids is 2. The number of oxime groups is 1. The number of amides is 4. The fraction of sp³-hybridized carbons (Fsp3) is 0.481. The van der Waals surface area contributed by atoms with E-state index in [0.717, 1.165) is 28.2 Å². The molecule has 2 aliphatic heterocycles. The van der Waals surface area contributed by atoms with Gasteiger partial charge in [-0.3, -0.25) is 24.1 Å². The van der Waals surface area contributed by atoms with E-state index in [9.17, 15) is 39.0 Å². The van der Waals surface area contributed by atoms with Crippen molar-refractivity contribution in [3.8, 4) is 0 Å². The lowest BCUT2D eigenvalue weighted by atomic mass is 10.0. The molecule has 1 fully saturated rings. The van der Waals surface area contributed by atoms with Crippen molar-refractivity contribution in [2.45, 2.75) is 56.3 Å². The number of nitrogens with one attached hydrogen (secondary N) is 3. The van der Waals surface area contributed by atoms with Crippen LogP contribution >= 0.6 is 23.3 Å². The minimum Gasteiger partial charge on any atom is -0.543 e. The maximum absolute atomic E-state index is 13.3. The van der Waals surface area contributed by atoms with E-state index in [1.807, 2.05) is 0 Å². The molecule has 276 valence electrons. The Hall–Kier alpha value is -5.33. The van der Waals surface area contributed by atoms with Crippen molar-refractivity contribution < 1.29 is 48.5 Å². The summed E-state index contributed by atoms with van der Waals surface area (Å²) in [5.74, 6) is -6.01. The van der Waals surface area contributed by atoms with Gasteiger partial charge in [-0.25, -0.2) is 4.79 Å². The molecular weight excluding hydrogens is 715 g/mol. The standard InChI is InChI=1S/C27H37N13O9S2/c1-27(2,25(47)48)49-36-15(19-35-26(31)51-37-19)21(43)34-16-22(44)40-17(24(45)46)11(10-50-23(16)40)8-39-9-13(18(30)38(39)3)33-20(42)12(5-4-6-28)32-14(41)7-29/h9,12,16,23,30H,4-8,10,28-29H2,1-3H3,(H7,31,32,33,34,35,37,41,42,43,45,46,47,48)/b36-15+/t12-,16+,23+/m0/s1. The van der Waals surface area contributed by atoms with E-state index >= 15 is 0 Å². The van der Waals surface area contributed by atoms with Crippen LogP contribution in [0.1, 0.15) is 32.5 Å². The first-order valence-electron chi connectivity index (χ1n) is 15.1. The Labute approximate surface area is 297 Å². The first-order chi connectivity index (χ1) is 24.0. The van der Waals surface area contributed by atoms with Gasteiger partial charge in [-0.1, -0.05) is 5.16 Å². The summed E-state index contributed by atoms with van der Waals surface area (Å²) < 4.78 is 6.88. The Morgan fingerprint density at radius 1 is 1.25 bits per heavy atom. The summed E-state index contributed by atoms with van der Waals surface area (Å²) in [6.45, 7) is 2.26. The van der Waals surface area contributed by atoms with E-state index < -0.39 is 70.0 Å². The molecule has 0 aromatic carbocycles. The van der Waals surface area contributed by atoms with Crippen LogP contribution in [0.15, 0.2) is 22.6 Å². The van der Waals surface area contributed by atoms with Crippen molar-refractivity contribution >= 4 is 81.2 Å². The number of fused-ring (bicyclic) bond motifs is 1. The first-order valence-corrected chi connectivity index (χ1v) is 17.0. The normalized spacial score (nSPS) is 18.0. The monoisotopic (exact) mass is 751 g/mol. The summed E-state index contributed by atoms with van der Waals surface area (Å²) in [4.78, 5) is 85.4. The lowest BCUT2D eigenvalue weighted by molar-refractivity contribution is -0.765. The number of hydrogen-bond acceptors (Lipinski definition) is 17. The molecule has 12 N–H and O–H groups in total. The minimum atomic E-state index is -1.84. The van der Waals surface area contributed by atoms with Crippen LogP contribution < -0.4 is 48.7 Å². The summed E-state index contributed by atoms with van der Waals surface area (Å²) in [6.07, 6.45) is 2.15. The summed E-state index contributed by atoms with van der Waals surface area (Å²) >= 11 is 1.89. The maximum atomic E-state index is 13.3. The van der Waals surface area contributed by atoms with E-state index in [1.165, 1.54) is 29.4 Å². The number of carboxylic acid groups (broad SMARTS) is 2. The number of hydrogen-bond donors (Lipinski definition) is 8. The number of nitrogen functional groups attached to an aromatic ring is 2. The number of nitrogens with two attached hydrogens (primary N) is 4. The molecule has 0 unspecified atom stereocenters. The van der Waals surface area contributed by atoms with E-state index in [4.69, 9.17) is 27.8 Å². The van der Waals surface area contributed by atoms with Crippen LogP contribution in [0.25, 0.3) is 0 Å². The fourth-order valence-electron chi connectivity index (χ4n) is 4.84. The predicted molar refractivity (Wildman–Crippen MR) is 179 cm³/mol. The topological polar surface area (TPSA) is 345 Å². The van der Waals surface area contributed by atoms with Crippen LogP contribution in [0, 0.1) is 0 Å². The van der Waals surface area contributed by atoms with Crippen LogP contribution in [0.3, 0.4) is 0 Å². The molecule has 0 radical (unpaired) electrons. The number of aliphatic carboxylic acids is 2. The number of carbonyl (C=O) groups excluding carboxylic acids is 5. The quantitative estimate of drug-likeness (QED) is 0.0345. The third-order valence-electron chi connectivity index (χ3n) is 7.71. The van der Waals surface area contributed by atoms with Crippen molar-refractivity contribution in [3.63, 3.8) is 0 Å². The summed E-state index contributed by atoms with van der Waals surface area (Å²) in [5.41, 5.74) is 20.4. The molecule has 0 saturated carbocycles. The van der Waals surface area contributed by atoms with E-state index in [0.29, 0.717) is 6.42 Å². The number of thioether (sulfide) groups is 1. The first kappa shape index (κ1) is 38.5. The minimum absolute atomic E-state index is 0.0249. The molecule has 1 saturated heterocycles. The van der Waals surface area contributed by atoms with Crippen molar-refractivity contribution in [2.75, 3.05) is 35.6 Å². The van der Waals surface area contributed by atoms with E-state index in [1.54, 1.807) is 7.05 Å². The smallest absolute Gasteiger partial charge is 0.350 e. The molecule has 22 nitrogen and oxygen atoms in total. The molecule has 4 amide bonds. The predicted octanol–water partition coefficient (Wildman–Crippen LogP) is -4.86. The number of carbonyl (C=O) groups is 6. The molecule has 0 bridgehead atoms. The zero-order valence-corrected chi connectivity index (χ0v) is 29.2. The molecule has 51 heavy (non-hydrogen) atoms. The van der Waals surface area contributed by atoms with Gasteiger partial charge in [0, 0.05) is 22.9 Å². The Balaban J connectivity index is 1.53. The van der Waals surface area contributed by atoms with Gasteiger partial charge in [0.1, 0.15) is 17.5 Å². The number of aromatic nitrogens is 4. The second-order valence-corrected chi connectivity index (χ2v) is 13.6. The van der Waals surface area contributed by atoms with E-state index in [-0.39, 0.29) is 59.8 Å². The van der Waals surface area contributed by atoms with Crippen molar-refractivity contribution in [2.24, 2.45) is 23.7 Å². The number of rotatable bonds is 16. The SMILES string of the molecule is Cn1c(N)c(NC(=O)[C@H](CCCN)NC(=O)CN)c[n+]1CC1=C(C(=O)[O-])N2C(=O)[C@@H](NC(=O)/C(=N/OC(C)(C)C(=O)O)c3nsc(N)n3)[C@H]2SC1. The van der Waals surface area contributed by atoms with E-state index in [2.05, 4.69) is 30.5 Å². The average molecular weight is 752 g/mol. The lowest BCUT2D eigenvalue weighted by Crippen LogP contribution is -2.71. The molecule has 2 aliphatic rings. The summed E-state index contributed by atoms with van der Waals surface area (Å²) in [6, 6.07) is -2.16. The molecule has 4 heterocycles. The highest BCUT2D eigenvalue weighted by Crippen LogP contribution is 2.40. The molecule has 4 rings (SSSR count). The molecule has 0 aliphatic carbocycles. The van der Waals surface area contributed by atoms with Crippen molar-refractivity contribution in [3.05, 3.63) is 23.3 Å². The highest BCUT2D eigenvalue weighted by atomic mass is 32.2. The van der Waals surface area contributed by atoms with Crippen LogP contribution in [0.5, 0.6) is 0 Å². The largest absolute Gasteiger partial charge is 0.543 e. The van der Waals surface area contributed by atoms with Gasteiger partial charge in [0.25, 0.3) is 11.8 Å². The Morgan fingerprint density at radius 2 is 1.96 bits per heavy atom. The third kappa shape index (κ3) is 8.35. The Bertz CT molecular complexity index is 1800. The molecule has 24 heteroatoms. The number of nitrogens with zero attached hydrogens (tertiary/aromatic N) is 6. The van der Waals surface area contributed by atoms with Gasteiger partial charge in [-0.2, -0.15) is 9.36 Å². The number of anilines is 3. The third-order valence-corrected chi connectivity index (χ3v) is 9.59. The van der Waals surface area contributed by atoms with Crippen LogP contribution in [-0.4, -0.2) is 107 Å². The van der Waals surface area contributed by atoms with Gasteiger partial charge in [0.05, 0.1) is 25.3 Å². The maximum Gasteiger partial charge on any atom is 0.350 e. The lowest BCUT2D eigenvalue weighted by Gasteiger charge is -2.50. The van der Waals surface area contributed by atoms with Gasteiger partial charge >= 0.3 is 5.97 Å². The Morgan fingerprint density at radius 3 is 2.55 bits per heavy atom. The number of β-lactam (4-membered cyclic amide) rings is 1. The van der Waals surface area contributed by atoms with Gasteiger partial charge in [-0.05, 0) is 33.2 Å². The van der Waals surface area contributed by atoms with Gasteiger partial charge in [0.2, 0.25) is 35.1 Å². The molecular formula is C27H37N13O9S2. The zero-order chi connectivity index (χ0) is 37.8. The highest BCUT2D eigenvalue weighted by molar-refractivity contribution is 8.00. The van der Waals surface area contributed by atoms with Gasteiger partial charge in [-0.15, -0.1) is 21.1 Å². The molecule has 0 spiro atoms. The second kappa shape index (κ2) is 15.7. The van der Waals surface area contributed by atoms with Crippen LogP contribution in [0.4, 0.5) is 16.6 Å². The summed E-state index contributed by atoms with van der Waals surface area (Å²) in [7, 11) is 1.57. The van der Waals surface area contributed by atoms with Crippen LogP contribution in [-0.2, 0) is 47.2 Å². The van der Waals surface area contributed by atoms with Gasteiger partial charge < -0.3 is 58.7 Å². The van der Waals surface area contributed by atoms with Crippen molar-refractivity contribution in [1.82, 2.24) is 29.6 Å². The molecule has 2 aromatic heterocycles. The highest BCUT2D eigenvalue weighted by Gasteiger charge is 2.53. The molecule has 3 atom stereocenters.